The van der Waals surface area contributed by atoms with Crippen LogP contribution in [0.15, 0.2) is 30.9 Å². The monoisotopic (exact) mass is 245 g/mol. The van der Waals surface area contributed by atoms with Crippen molar-refractivity contribution in [2.45, 2.75) is 13.0 Å². The van der Waals surface area contributed by atoms with Gasteiger partial charge >= 0.3 is 0 Å². The number of rotatable bonds is 3. The predicted molar refractivity (Wildman–Crippen MR) is 67.7 cm³/mol. The lowest BCUT2D eigenvalue weighted by Crippen LogP contribution is -2.27. The number of amides is 1. The molecular weight excluding hydrogens is 230 g/mol. The Balaban J connectivity index is 2.11. The first kappa shape index (κ1) is 12.3. The third-order valence-electron chi connectivity index (χ3n) is 2.66. The second-order valence-electron chi connectivity index (χ2n) is 4.10. The maximum Gasteiger partial charge on any atom is 0.246 e. The van der Waals surface area contributed by atoms with Gasteiger partial charge in [0.1, 0.15) is 6.04 Å². The number of nitrogens with zero attached hydrogens (tertiary/aromatic N) is 3. The normalized spacial score (nSPS) is 12.2. The van der Waals surface area contributed by atoms with E-state index in [4.69, 9.17) is 5.73 Å². The lowest BCUT2D eigenvalue weighted by molar-refractivity contribution is -0.117. The van der Waals surface area contributed by atoms with Crippen LogP contribution < -0.4 is 11.1 Å². The van der Waals surface area contributed by atoms with E-state index in [9.17, 15) is 4.79 Å². The van der Waals surface area contributed by atoms with Gasteiger partial charge in [0.15, 0.2) is 0 Å². The summed E-state index contributed by atoms with van der Waals surface area (Å²) in [5, 5.41) is 6.74. The molecule has 94 valence electrons. The van der Waals surface area contributed by atoms with E-state index in [-0.39, 0.29) is 5.91 Å². The number of nitrogens with one attached hydrogen (secondary N) is 1. The highest BCUT2D eigenvalue weighted by molar-refractivity contribution is 5.95. The van der Waals surface area contributed by atoms with Gasteiger partial charge in [0.25, 0.3) is 0 Å². The van der Waals surface area contributed by atoms with E-state index in [1.807, 2.05) is 13.0 Å². The summed E-state index contributed by atoms with van der Waals surface area (Å²) in [5.74, 6) is -0.279. The van der Waals surface area contributed by atoms with E-state index in [0.29, 0.717) is 11.3 Å². The molecule has 1 atom stereocenters. The van der Waals surface area contributed by atoms with Gasteiger partial charge in [-0.1, -0.05) is 0 Å². The first-order valence-corrected chi connectivity index (χ1v) is 5.53. The number of hydrogen-bond donors (Lipinski definition) is 2. The van der Waals surface area contributed by atoms with Crippen molar-refractivity contribution in [1.82, 2.24) is 14.8 Å². The highest BCUT2D eigenvalue weighted by Crippen LogP contribution is 2.15. The van der Waals surface area contributed by atoms with Crippen molar-refractivity contribution >= 4 is 11.6 Å². The smallest absolute Gasteiger partial charge is 0.246 e. The topological polar surface area (TPSA) is 85.8 Å². The molecule has 0 aliphatic carbocycles. The Morgan fingerprint density at radius 1 is 1.50 bits per heavy atom. The van der Waals surface area contributed by atoms with Crippen molar-refractivity contribution in [2.75, 3.05) is 5.32 Å². The fourth-order valence-electron chi connectivity index (χ4n) is 1.56. The molecule has 3 N–H and O–H groups in total. The molecule has 0 saturated heterocycles. The predicted octanol–water partition coefficient (Wildman–Crippen LogP) is 0.762. The minimum Gasteiger partial charge on any atom is -0.323 e. The Morgan fingerprint density at radius 3 is 2.89 bits per heavy atom. The minimum absolute atomic E-state index is 0.279. The molecule has 1 amide bonds. The summed E-state index contributed by atoms with van der Waals surface area (Å²) in [4.78, 5) is 15.9. The second-order valence-corrected chi connectivity index (χ2v) is 4.10. The SMILES string of the molecule is Cc1ccncc1NC(=O)C(N)c1cnn(C)c1. The summed E-state index contributed by atoms with van der Waals surface area (Å²) >= 11 is 0. The van der Waals surface area contributed by atoms with Crippen LogP contribution in [-0.4, -0.2) is 20.7 Å². The standard InChI is InChI=1S/C12H15N5O/c1-8-3-4-14-6-10(8)16-12(18)11(13)9-5-15-17(2)7-9/h3-7,11H,13H2,1-2H3,(H,16,18). The van der Waals surface area contributed by atoms with Gasteiger partial charge in [0.2, 0.25) is 5.91 Å². The summed E-state index contributed by atoms with van der Waals surface area (Å²) < 4.78 is 1.61. The zero-order chi connectivity index (χ0) is 13.1. The van der Waals surface area contributed by atoms with Gasteiger partial charge in [-0.3, -0.25) is 14.5 Å². The van der Waals surface area contributed by atoms with Crippen molar-refractivity contribution in [3.63, 3.8) is 0 Å². The molecule has 2 rings (SSSR count). The van der Waals surface area contributed by atoms with Gasteiger partial charge in [-0.05, 0) is 18.6 Å². The largest absolute Gasteiger partial charge is 0.323 e. The quantitative estimate of drug-likeness (QED) is 0.836. The average molecular weight is 245 g/mol. The van der Waals surface area contributed by atoms with Gasteiger partial charge in [0, 0.05) is 25.0 Å². The van der Waals surface area contributed by atoms with E-state index in [1.165, 1.54) is 0 Å². The molecule has 0 aliphatic rings. The first-order chi connectivity index (χ1) is 8.58. The number of nitrogens with two attached hydrogens (primary N) is 1. The molecule has 0 radical (unpaired) electrons. The van der Waals surface area contributed by atoms with Crippen molar-refractivity contribution in [2.24, 2.45) is 12.8 Å². The summed E-state index contributed by atoms with van der Waals surface area (Å²) in [5.41, 5.74) is 8.15. The Kier molecular flexibility index (Phi) is 3.38. The van der Waals surface area contributed by atoms with Crippen LogP contribution in [0.2, 0.25) is 0 Å². The number of carbonyl (C=O) groups excluding carboxylic acids is 1. The van der Waals surface area contributed by atoms with Gasteiger partial charge < -0.3 is 11.1 Å². The third-order valence-corrected chi connectivity index (χ3v) is 2.66. The second kappa shape index (κ2) is 4.97. The molecule has 2 aromatic rings. The Morgan fingerprint density at radius 2 is 2.28 bits per heavy atom. The minimum atomic E-state index is -0.738. The number of carbonyl (C=O) groups is 1. The van der Waals surface area contributed by atoms with E-state index in [1.54, 1.807) is 36.5 Å². The van der Waals surface area contributed by atoms with Crippen LogP contribution in [0.5, 0.6) is 0 Å². The van der Waals surface area contributed by atoms with Crippen LogP contribution in [-0.2, 0) is 11.8 Å². The summed E-state index contributed by atoms with van der Waals surface area (Å²) in [6.45, 7) is 1.90. The molecule has 0 fully saturated rings. The fourth-order valence-corrected chi connectivity index (χ4v) is 1.56. The molecule has 0 spiro atoms. The Bertz CT molecular complexity index is 563. The maximum atomic E-state index is 12.0. The third kappa shape index (κ3) is 2.54. The summed E-state index contributed by atoms with van der Waals surface area (Å²) in [7, 11) is 1.78. The summed E-state index contributed by atoms with van der Waals surface area (Å²) in [6.07, 6.45) is 6.58. The zero-order valence-electron chi connectivity index (χ0n) is 10.3. The van der Waals surface area contributed by atoms with Crippen LogP contribution >= 0.6 is 0 Å². The molecule has 0 aromatic carbocycles. The van der Waals surface area contributed by atoms with Crippen LogP contribution in [0.4, 0.5) is 5.69 Å². The van der Waals surface area contributed by atoms with Crippen molar-refractivity contribution < 1.29 is 4.79 Å². The van der Waals surface area contributed by atoms with E-state index < -0.39 is 6.04 Å². The molecule has 0 saturated carbocycles. The number of aryl methyl sites for hydroxylation is 2. The highest BCUT2D eigenvalue weighted by Gasteiger charge is 2.17. The van der Waals surface area contributed by atoms with Crippen molar-refractivity contribution in [3.05, 3.63) is 42.0 Å². The molecule has 6 heteroatoms. The maximum absolute atomic E-state index is 12.0. The fraction of sp³-hybridized carbons (Fsp3) is 0.250. The van der Waals surface area contributed by atoms with Crippen LogP contribution in [0, 0.1) is 6.92 Å². The van der Waals surface area contributed by atoms with Crippen LogP contribution in [0.25, 0.3) is 0 Å². The molecular formula is C12H15N5O. The van der Waals surface area contributed by atoms with Crippen molar-refractivity contribution in [3.8, 4) is 0 Å². The number of pyridine rings is 1. The molecule has 6 nitrogen and oxygen atoms in total. The molecule has 0 aliphatic heterocycles. The Labute approximate surface area is 105 Å². The average Bonchev–Trinajstić information content (AvgIpc) is 2.78. The van der Waals surface area contributed by atoms with Crippen LogP contribution in [0.3, 0.4) is 0 Å². The lowest BCUT2D eigenvalue weighted by atomic mass is 10.1. The number of hydrogen-bond acceptors (Lipinski definition) is 4. The van der Waals surface area contributed by atoms with Gasteiger partial charge in [-0.15, -0.1) is 0 Å². The molecule has 0 bridgehead atoms. The first-order valence-electron chi connectivity index (χ1n) is 5.53. The number of aromatic nitrogens is 3. The van der Waals surface area contributed by atoms with Gasteiger partial charge in [-0.25, -0.2) is 0 Å². The van der Waals surface area contributed by atoms with E-state index in [0.717, 1.165) is 5.56 Å². The van der Waals surface area contributed by atoms with Gasteiger partial charge in [-0.2, -0.15) is 5.10 Å². The van der Waals surface area contributed by atoms with Crippen LogP contribution in [0.1, 0.15) is 17.2 Å². The van der Waals surface area contributed by atoms with E-state index in [2.05, 4.69) is 15.4 Å². The Hall–Kier alpha value is -2.21. The van der Waals surface area contributed by atoms with Crippen molar-refractivity contribution in [1.29, 1.82) is 0 Å². The zero-order valence-corrected chi connectivity index (χ0v) is 10.3. The van der Waals surface area contributed by atoms with E-state index >= 15 is 0 Å². The molecule has 18 heavy (non-hydrogen) atoms. The lowest BCUT2D eigenvalue weighted by Gasteiger charge is -2.11. The molecule has 1 unspecified atom stereocenters. The summed E-state index contributed by atoms with van der Waals surface area (Å²) in [6, 6.07) is 1.09. The highest BCUT2D eigenvalue weighted by atomic mass is 16.2. The molecule has 2 heterocycles. The number of anilines is 1. The van der Waals surface area contributed by atoms with Gasteiger partial charge in [0.05, 0.1) is 18.1 Å². The molecule has 2 aromatic heterocycles.